The molecular weight excluding hydrogens is 280 g/mol. The van der Waals surface area contributed by atoms with Crippen LogP contribution in [0.3, 0.4) is 0 Å². The number of carbonyl (C=O) groups excluding carboxylic acids is 1. The maximum atomic E-state index is 11.9. The van der Waals surface area contributed by atoms with Crippen LogP contribution in [0.2, 0.25) is 5.02 Å². The summed E-state index contributed by atoms with van der Waals surface area (Å²) in [6, 6.07) is 7.95. The molecule has 0 aromatic heterocycles. The molecule has 110 valence electrons. The average molecular weight is 299 g/mol. The zero-order chi connectivity index (χ0) is 14.5. The molecule has 6 heteroatoms. The zero-order valence-electron chi connectivity index (χ0n) is 11.6. The molecule has 1 aliphatic heterocycles. The second kappa shape index (κ2) is 7.04. The highest BCUT2D eigenvalue weighted by atomic mass is 35.5. The second-order valence-electron chi connectivity index (χ2n) is 4.78. The molecule has 5 nitrogen and oxygen atoms in total. The number of likely N-dealkylation sites (N-methyl/N-ethyl adjacent to an activating group) is 1. The molecule has 1 heterocycles. The van der Waals surface area contributed by atoms with E-state index in [1.807, 2.05) is 24.3 Å². The van der Waals surface area contributed by atoms with Crippen LogP contribution < -0.4 is 5.32 Å². The molecule has 1 saturated heterocycles. The lowest BCUT2D eigenvalue weighted by Gasteiger charge is -2.31. The number of morpholine rings is 1. The van der Waals surface area contributed by atoms with Crippen LogP contribution in [-0.4, -0.2) is 50.4 Å². The predicted octanol–water partition coefficient (Wildman–Crippen LogP) is 1.26. The fraction of sp³-hybridized carbons (Fsp3) is 0.500. The number of hydrogen-bond donors (Lipinski definition) is 1. The van der Waals surface area contributed by atoms with Gasteiger partial charge in [-0.1, -0.05) is 23.7 Å². The molecule has 0 bridgehead atoms. The van der Waals surface area contributed by atoms with Crippen LogP contribution in [0, 0.1) is 0 Å². The monoisotopic (exact) mass is 298 g/mol. The van der Waals surface area contributed by atoms with Crippen molar-refractivity contribution in [3.8, 4) is 0 Å². The molecule has 1 N–H and O–H groups in total. The Labute approximate surface area is 123 Å². The molecule has 1 aromatic rings. The van der Waals surface area contributed by atoms with Crippen LogP contribution in [0.4, 0.5) is 0 Å². The van der Waals surface area contributed by atoms with Crippen molar-refractivity contribution in [1.29, 1.82) is 0 Å². The van der Waals surface area contributed by atoms with Crippen molar-refractivity contribution in [1.82, 2.24) is 10.4 Å². The van der Waals surface area contributed by atoms with Crippen molar-refractivity contribution in [3.05, 3.63) is 34.9 Å². The minimum atomic E-state index is -0.485. The highest BCUT2D eigenvalue weighted by molar-refractivity contribution is 6.30. The Morgan fingerprint density at radius 2 is 2.20 bits per heavy atom. The van der Waals surface area contributed by atoms with Crippen molar-refractivity contribution in [3.63, 3.8) is 0 Å². The number of nitrogens with one attached hydrogen (secondary N) is 1. The molecule has 0 radical (unpaired) electrons. The predicted molar refractivity (Wildman–Crippen MR) is 76.5 cm³/mol. The van der Waals surface area contributed by atoms with Gasteiger partial charge in [0.2, 0.25) is 0 Å². The number of carbonyl (C=O) groups is 1. The van der Waals surface area contributed by atoms with Gasteiger partial charge in [0.15, 0.2) is 6.10 Å². The molecular formula is C14H19ClN2O3. The molecule has 20 heavy (non-hydrogen) atoms. The number of rotatable bonds is 4. The van der Waals surface area contributed by atoms with E-state index in [2.05, 4.69) is 5.32 Å². The molecule has 0 saturated carbocycles. The minimum absolute atomic E-state index is 0.176. The summed E-state index contributed by atoms with van der Waals surface area (Å²) in [7, 11) is 3.03. The summed E-state index contributed by atoms with van der Waals surface area (Å²) in [5.74, 6) is -0.176. The molecule has 0 spiro atoms. The quantitative estimate of drug-likeness (QED) is 0.850. The van der Waals surface area contributed by atoms with Gasteiger partial charge >= 0.3 is 0 Å². The van der Waals surface area contributed by atoms with Crippen molar-refractivity contribution < 1.29 is 14.4 Å². The smallest absolute Gasteiger partial charge is 0.276 e. The average Bonchev–Trinajstić information content (AvgIpc) is 2.49. The van der Waals surface area contributed by atoms with E-state index in [9.17, 15) is 4.79 Å². The molecule has 1 amide bonds. The molecule has 0 aliphatic carbocycles. The Hall–Kier alpha value is -1.14. The zero-order valence-corrected chi connectivity index (χ0v) is 12.4. The fourth-order valence-corrected chi connectivity index (χ4v) is 2.24. The Morgan fingerprint density at radius 1 is 1.50 bits per heavy atom. The highest BCUT2D eigenvalue weighted by Gasteiger charge is 2.28. The van der Waals surface area contributed by atoms with Crippen molar-refractivity contribution in [2.45, 2.75) is 18.6 Å². The number of nitrogens with zero attached hydrogens (tertiary/aromatic N) is 1. The largest absolute Gasteiger partial charge is 0.365 e. The molecule has 1 aromatic carbocycles. The summed E-state index contributed by atoms with van der Waals surface area (Å²) >= 11 is 5.86. The van der Waals surface area contributed by atoms with Crippen molar-refractivity contribution in [2.24, 2.45) is 0 Å². The van der Waals surface area contributed by atoms with Gasteiger partial charge in [-0.3, -0.25) is 9.63 Å². The first kappa shape index (κ1) is 15.3. The van der Waals surface area contributed by atoms with Gasteiger partial charge < -0.3 is 10.1 Å². The number of amides is 1. The Balaban J connectivity index is 1.82. The Kier molecular flexibility index (Phi) is 5.37. The first-order chi connectivity index (χ1) is 9.60. The lowest BCUT2D eigenvalue weighted by Crippen LogP contribution is -2.53. The van der Waals surface area contributed by atoms with E-state index < -0.39 is 6.10 Å². The van der Waals surface area contributed by atoms with Gasteiger partial charge in [-0.15, -0.1) is 0 Å². The number of benzene rings is 1. The van der Waals surface area contributed by atoms with Crippen LogP contribution in [0.15, 0.2) is 24.3 Å². The first-order valence-electron chi connectivity index (χ1n) is 6.51. The van der Waals surface area contributed by atoms with Crippen LogP contribution >= 0.6 is 11.6 Å². The molecule has 2 atom stereocenters. The van der Waals surface area contributed by atoms with Crippen molar-refractivity contribution >= 4 is 17.5 Å². The molecule has 2 rings (SSSR count). The summed E-state index contributed by atoms with van der Waals surface area (Å²) < 4.78 is 5.61. The highest BCUT2D eigenvalue weighted by Crippen LogP contribution is 2.13. The van der Waals surface area contributed by atoms with E-state index in [0.29, 0.717) is 13.2 Å². The third-order valence-corrected chi connectivity index (χ3v) is 3.60. The summed E-state index contributed by atoms with van der Waals surface area (Å²) in [4.78, 5) is 16.7. The maximum Gasteiger partial charge on any atom is 0.276 e. The van der Waals surface area contributed by atoms with E-state index in [0.717, 1.165) is 11.4 Å². The van der Waals surface area contributed by atoms with E-state index >= 15 is 0 Å². The maximum absolute atomic E-state index is 11.9. The van der Waals surface area contributed by atoms with Gasteiger partial charge in [0.05, 0.1) is 13.7 Å². The Bertz CT molecular complexity index is 444. The lowest BCUT2D eigenvalue weighted by atomic mass is 10.1. The lowest BCUT2D eigenvalue weighted by molar-refractivity contribution is -0.183. The molecule has 1 fully saturated rings. The van der Waals surface area contributed by atoms with E-state index in [-0.39, 0.29) is 11.9 Å². The van der Waals surface area contributed by atoms with Gasteiger partial charge in [0.25, 0.3) is 5.91 Å². The second-order valence-corrected chi connectivity index (χ2v) is 5.21. The van der Waals surface area contributed by atoms with Gasteiger partial charge in [-0.25, -0.2) is 5.06 Å². The summed E-state index contributed by atoms with van der Waals surface area (Å²) in [6.07, 6.45) is 0.361. The Morgan fingerprint density at radius 3 is 2.75 bits per heavy atom. The van der Waals surface area contributed by atoms with Crippen LogP contribution in [0.5, 0.6) is 0 Å². The third kappa shape index (κ3) is 3.93. The standard InChI is InChI=1S/C14H19ClN2O3/c1-17(19-2)14(18)13-8-16-12(9-20-13)7-10-3-5-11(15)6-4-10/h3-6,12-13,16H,7-9H2,1-2H3/t12?,13-/m1/s1. The number of halogens is 1. The fourth-order valence-electron chi connectivity index (χ4n) is 2.11. The molecule has 1 aliphatic rings. The third-order valence-electron chi connectivity index (χ3n) is 3.35. The van der Waals surface area contributed by atoms with Crippen LogP contribution in [-0.2, 0) is 20.8 Å². The van der Waals surface area contributed by atoms with Gasteiger partial charge in [0, 0.05) is 24.7 Å². The van der Waals surface area contributed by atoms with E-state index in [1.54, 1.807) is 7.05 Å². The van der Waals surface area contributed by atoms with Crippen LogP contribution in [0.1, 0.15) is 5.56 Å². The SMILES string of the molecule is CON(C)C(=O)[C@H]1CNC(Cc2ccc(Cl)cc2)CO1. The van der Waals surface area contributed by atoms with Crippen LogP contribution in [0.25, 0.3) is 0 Å². The number of hydrogen-bond acceptors (Lipinski definition) is 4. The summed E-state index contributed by atoms with van der Waals surface area (Å²) in [6.45, 7) is 0.987. The topological polar surface area (TPSA) is 50.8 Å². The van der Waals surface area contributed by atoms with Gasteiger partial charge in [-0.05, 0) is 24.1 Å². The van der Waals surface area contributed by atoms with Gasteiger partial charge in [-0.2, -0.15) is 0 Å². The molecule has 1 unspecified atom stereocenters. The normalized spacial score (nSPS) is 22.6. The number of hydroxylamine groups is 2. The summed E-state index contributed by atoms with van der Waals surface area (Å²) in [5, 5.41) is 5.25. The van der Waals surface area contributed by atoms with Gasteiger partial charge in [0.1, 0.15) is 0 Å². The summed E-state index contributed by atoms with van der Waals surface area (Å²) in [5.41, 5.74) is 1.19. The van der Waals surface area contributed by atoms with Crippen molar-refractivity contribution in [2.75, 3.05) is 27.3 Å². The minimum Gasteiger partial charge on any atom is -0.365 e. The number of ether oxygens (including phenoxy) is 1. The first-order valence-corrected chi connectivity index (χ1v) is 6.89. The van der Waals surface area contributed by atoms with E-state index in [1.165, 1.54) is 17.7 Å². The van der Waals surface area contributed by atoms with E-state index in [4.69, 9.17) is 21.2 Å².